The van der Waals surface area contributed by atoms with Gasteiger partial charge in [-0.1, -0.05) is 29.8 Å². The summed E-state index contributed by atoms with van der Waals surface area (Å²) in [6.07, 6.45) is 2.53. The fourth-order valence-electron chi connectivity index (χ4n) is 3.60. The van der Waals surface area contributed by atoms with Crippen LogP contribution in [0.15, 0.2) is 36.4 Å². The third kappa shape index (κ3) is 4.89. The Balaban J connectivity index is 1.49. The lowest BCUT2D eigenvalue weighted by molar-refractivity contribution is 0.0984. The predicted molar refractivity (Wildman–Crippen MR) is 126 cm³/mol. The van der Waals surface area contributed by atoms with Crippen LogP contribution in [0.4, 0.5) is 0 Å². The second-order valence-electron chi connectivity index (χ2n) is 7.90. The summed E-state index contributed by atoms with van der Waals surface area (Å²) < 4.78 is 33.6. The Kier molecular flexibility index (Phi) is 6.28. The first-order valence-corrected chi connectivity index (χ1v) is 13.0. The Morgan fingerprint density at radius 2 is 1.87 bits per heavy atom. The van der Waals surface area contributed by atoms with Crippen molar-refractivity contribution in [2.24, 2.45) is 0 Å². The van der Waals surface area contributed by atoms with Crippen LogP contribution in [0, 0.1) is 13.8 Å². The number of nitrogens with one attached hydrogen (secondary N) is 1. The molecule has 0 unspecified atom stereocenters. The lowest BCUT2D eigenvalue weighted by Crippen LogP contribution is -2.33. The average molecular weight is 478 g/mol. The van der Waals surface area contributed by atoms with Gasteiger partial charge in [0.25, 0.3) is 5.91 Å². The number of benzene rings is 2. The zero-order valence-corrected chi connectivity index (χ0v) is 19.8. The predicted octanol–water partition coefficient (Wildman–Crippen LogP) is 5.41. The summed E-state index contributed by atoms with van der Waals surface area (Å²) in [5, 5.41) is 1.29. The van der Waals surface area contributed by atoms with E-state index in [0.717, 1.165) is 37.5 Å². The van der Waals surface area contributed by atoms with Gasteiger partial charge in [0, 0.05) is 9.72 Å². The van der Waals surface area contributed by atoms with E-state index in [2.05, 4.69) is 4.72 Å². The molecule has 2 aromatic carbocycles. The Morgan fingerprint density at radius 1 is 1.19 bits per heavy atom. The van der Waals surface area contributed by atoms with Gasteiger partial charge in [-0.05, 0) is 79.8 Å². The topological polar surface area (TPSA) is 72.5 Å². The minimum atomic E-state index is -3.59. The lowest BCUT2D eigenvalue weighted by Gasteiger charge is -2.11. The van der Waals surface area contributed by atoms with E-state index in [1.165, 1.54) is 11.3 Å². The van der Waals surface area contributed by atoms with E-state index in [1.807, 2.05) is 50.2 Å². The first-order valence-electron chi connectivity index (χ1n) is 10.2. The molecule has 1 aliphatic rings. The molecule has 31 heavy (non-hydrogen) atoms. The zero-order valence-electron chi connectivity index (χ0n) is 17.4. The number of thiophene rings is 1. The van der Waals surface area contributed by atoms with Gasteiger partial charge in [-0.3, -0.25) is 4.79 Å². The Morgan fingerprint density at radius 3 is 2.55 bits per heavy atom. The number of sulfonamides is 1. The third-order valence-corrected chi connectivity index (χ3v) is 8.98. The molecule has 0 aliphatic heterocycles. The number of carbonyl (C=O) groups is 1. The molecule has 0 saturated heterocycles. The number of fused-ring (bicyclic) bond motifs is 1. The molecule has 5 nitrogen and oxygen atoms in total. The highest BCUT2D eigenvalue weighted by atomic mass is 35.5. The normalized spacial score (nSPS) is 14.0. The summed E-state index contributed by atoms with van der Waals surface area (Å²) in [7, 11) is -3.59. The molecule has 8 heteroatoms. The van der Waals surface area contributed by atoms with Crippen molar-refractivity contribution in [2.45, 2.75) is 44.8 Å². The number of hydrogen-bond acceptors (Lipinski definition) is 5. The molecule has 0 bridgehead atoms. The molecule has 0 atom stereocenters. The van der Waals surface area contributed by atoms with E-state index < -0.39 is 21.2 Å². The van der Waals surface area contributed by atoms with Gasteiger partial charge in [0.05, 0.1) is 16.7 Å². The Labute approximate surface area is 191 Å². The number of amides is 1. The Bertz CT molecular complexity index is 1220. The van der Waals surface area contributed by atoms with Gasteiger partial charge in [-0.25, -0.2) is 13.1 Å². The van der Waals surface area contributed by atoms with E-state index in [4.69, 9.17) is 16.3 Å². The maximum atomic E-state index is 12.8. The van der Waals surface area contributed by atoms with E-state index >= 15 is 0 Å². The van der Waals surface area contributed by atoms with E-state index in [-0.39, 0.29) is 0 Å². The van der Waals surface area contributed by atoms with E-state index in [0.29, 0.717) is 37.2 Å². The molecule has 1 amide bonds. The number of aryl methyl sites for hydroxylation is 3. The standard InChI is InChI=1S/C23H24ClNO4S2/c1-14-12-16(13-15(2)21(14)24)29-11-5-7-19-18-6-3-4-8-20(18)30-22(19)23(26)25-31(27,28)17-9-10-17/h3-4,6,8,12-13,17H,5,7,9-11H2,1-2H3,(H,25,26). The fraction of sp³-hybridized carbons (Fsp3) is 0.348. The van der Waals surface area contributed by atoms with Crippen LogP contribution in [0.3, 0.4) is 0 Å². The Hall–Kier alpha value is -2.09. The third-order valence-electron chi connectivity index (χ3n) is 5.35. The van der Waals surface area contributed by atoms with Crippen LogP contribution in [0.5, 0.6) is 5.75 Å². The van der Waals surface area contributed by atoms with E-state index in [1.54, 1.807) is 0 Å². The first kappa shape index (κ1) is 22.1. The molecule has 1 heterocycles. The maximum absolute atomic E-state index is 12.8. The van der Waals surface area contributed by atoms with Gasteiger partial charge in [0.15, 0.2) is 0 Å². The van der Waals surface area contributed by atoms with Crippen LogP contribution >= 0.6 is 22.9 Å². The highest BCUT2D eigenvalue weighted by molar-refractivity contribution is 7.91. The number of halogens is 1. The average Bonchev–Trinajstić information content (AvgIpc) is 3.52. The molecule has 164 valence electrons. The second-order valence-corrected chi connectivity index (χ2v) is 11.3. The summed E-state index contributed by atoms with van der Waals surface area (Å²) >= 11 is 7.55. The minimum absolute atomic E-state index is 0.436. The quantitative estimate of drug-likeness (QED) is 0.440. The zero-order chi connectivity index (χ0) is 22.2. The van der Waals surface area contributed by atoms with Crippen molar-refractivity contribution in [1.82, 2.24) is 4.72 Å². The van der Waals surface area contributed by atoms with Gasteiger partial charge in [0.2, 0.25) is 10.0 Å². The van der Waals surface area contributed by atoms with Crippen molar-refractivity contribution >= 4 is 49.0 Å². The summed E-state index contributed by atoms with van der Waals surface area (Å²) in [6, 6.07) is 11.6. The van der Waals surface area contributed by atoms with E-state index in [9.17, 15) is 13.2 Å². The van der Waals surface area contributed by atoms with Crippen LogP contribution < -0.4 is 9.46 Å². The summed E-state index contributed by atoms with van der Waals surface area (Å²) in [5.41, 5.74) is 2.81. The fourth-order valence-corrected chi connectivity index (χ4v) is 6.20. The number of hydrogen-bond donors (Lipinski definition) is 1. The summed E-state index contributed by atoms with van der Waals surface area (Å²) in [6.45, 7) is 4.37. The van der Waals surface area contributed by atoms with Crippen molar-refractivity contribution in [3.63, 3.8) is 0 Å². The van der Waals surface area contributed by atoms with Crippen LogP contribution in [-0.2, 0) is 16.4 Å². The van der Waals surface area contributed by atoms with Crippen molar-refractivity contribution < 1.29 is 17.9 Å². The highest BCUT2D eigenvalue weighted by Gasteiger charge is 2.37. The molecule has 3 aromatic rings. The van der Waals surface area contributed by atoms with Crippen LogP contribution in [0.2, 0.25) is 5.02 Å². The molecule has 0 radical (unpaired) electrons. The molecule has 1 N–H and O–H groups in total. The van der Waals surface area contributed by atoms with Crippen LogP contribution in [0.25, 0.3) is 10.1 Å². The van der Waals surface area contributed by atoms with Gasteiger partial charge in [0.1, 0.15) is 5.75 Å². The molecule has 4 rings (SSSR count). The molecular weight excluding hydrogens is 454 g/mol. The van der Waals surface area contributed by atoms with Crippen LogP contribution in [0.1, 0.15) is 45.6 Å². The number of carbonyl (C=O) groups excluding carboxylic acids is 1. The van der Waals surface area contributed by atoms with Crippen molar-refractivity contribution in [3.05, 3.63) is 63.0 Å². The number of ether oxygens (including phenoxy) is 1. The van der Waals surface area contributed by atoms with Gasteiger partial charge < -0.3 is 4.74 Å². The molecule has 1 saturated carbocycles. The van der Waals surface area contributed by atoms with Gasteiger partial charge >= 0.3 is 0 Å². The lowest BCUT2D eigenvalue weighted by atomic mass is 10.1. The minimum Gasteiger partial charge on any atom is -0.494 e. The molecule has 1 fully saturated rings. The highest BCUT2D eigenvalue weighted by Crippen LogP contribution is 2.34. The van der Waals surface area contributed by atoms with Crippen LogP contribution in [-0.4, -0.2) is 26.2 Å². The van der Waals surface area contributed by atoms with Gasteiger partial charge in [-0.2, -0.15) is 0 Å². The summed E-state index contributed by atoms with van der Waals surface area (Å²) in [5.74, 6) is 0.232. The first-order chi connectivity index (χ1) is 14.8. The van der Waals surface area contributed by atoms with Gasteiger partial charge in [-0.15, -0.1) is 11.3 Å². The molecular formula is C23H24ClNO4S2. The molecule has 0 spiro atoms. The largest absolute Gasteiger partial charge is 0.494 e. The maximum Gasteiger partial charge on any atom is 0.275 e. The van der Waals surface area contributed by atoms with Crippen molar-refractivity contribution in [3.8, 4) is 5.75 Å². The monoisotopic (exact) mass is 477 g/mol. The summed E-state index contributed by atoms with van der Waals surface area (Å²) in [4.78, 5) is 13.3. The SMILES string of the molecule is Cc1cc(OCCCc2c(C(=O)NS(=O)(=O)C3CC3)sc3ccccc23)cc(C)c1Cl. The van der Waals surface area contributed by atoms with Crippen molar-refractivity contribution in [2.75, 3.05) is 6.61 Å². The second kappa shape index (κ2) is 8.81. The smallest absolute Gasteiger partial charge is 0.275 e. The number of rotatable bonds is 8. The molecule has 1 aliphatic carbocycles. The van der Waals surface area contributed by atoms with Crippen molar-refractivity contribution in [1.29, 1.82) is 0 Å². The molecule has 1 aromatic heterocycles.